The van der Waals surface area contributed by atoms with Crippen LogP contribution in [0.5, 0.6) is 0 Å². The van der Waals surface area contributed by atoms with Gasteiger partial charge in [0.15, 0.2) is 0 Å². The fraction of sp³-hybridized carbons (Fsp3) is 0.579. The van der Waals surface area contributed by atoms with Gasteiger partial charge in [0, 0.05) is 10.8 Å². The molecule has 1 aromatic carbocycles. The van der Waals surface area contributed by atoms with Crippen molar-refractivity contribution in [3.8, 4) is 0 Å². The quantitative estimate of drug-likeness (QED) is 0.511. The van der Waals surface area contributed by atoms with E-state index in [9.17, 15) is 10.1 Å². The van der Waals surface area contributed by atoms with Gasteiger partial charge in [0.2, 0.25) is 0 Å². The Bertz CT molecular complexity index is 719. The number of rotatable bonds is 5. The molecular weight excluding hydrogens is 304 g/mol. The molecule has 0 aromatic heterocycles. The topological polar surface area (TPSA) is 78.4 Å². The maximum Gasteiger partial charge on any atom is 0.294 e. The normalized spacial score (nSPS) is 40.5. The van der Waals surface area contributed by atoms with Crippen LogP contribution in [0.25, 0.3) is 0 Å². The highest BCUT2D eigenvalue weighted by atomic mass is 17.0. The van der Waals surface area contributed by atoms with Crippen molar-refractivity contribution in [3.63, 3.8) is 0 Å². The summed E-state index contributed by atoms with van der Waals surface area (Å²) in [6, 6.07) is 10.7. The smallest absolute Gasteiger partial charge is 0.294 e. The average molecular weight is 328 g/mol. The summed E-state index contributed by atoms with van der Waals surface area (Å²) < 4.78 is 0. The van der Waals surface area contributed by atoms with Crippen LogP contribution in [0.3, 0.4) is 0 Å². The molecule has 128 valence electrons. The average Bonchev–Trinajstić information content (AvgIpc) is 2.50. The molecule has 0 saturated heterocycles. The third kappa shape index (κ3) is 1.85. The molecule has 0 aliphatic heterocycles. The van der Waals surface area contributed by atoms with E-state index in [-0.39, 0.29) is 16.2 Å². The summed E-state index contributed by atoms with van der Waals surface area (Å²) in [5.41, 5.74) is 9.01. The summed E-state index contributed by atoms with van der Waals surface area (Å²) in [6.45, 7) is 4.50. The molecule has 0 heterocycles. The molecule has 2 N–H and O–H groups in total. The SMILES string of the molecule is CC(O[N+](=O)[O-])C1(C)C=C2CC3(c4ccccc4)CC(CN)(C1)C23. The van der Waals surface area contributed by atoms with Crippen molar-refractivity contribution in [3.05, 3.63) is 57.7 Å². The van der Waals surface area contributed by atoms with Gasteiger partial charge >= 0.3 is 0 Å². The Balaban J connectivity index is 1.68. The maximum atomic E-state index is 10.8. The minimum absolute atomic E-state index is 0.0567. The van der Waals surface area contributed by atoms with Crippen LogP contribution >= 0.6 is 0 Å². The highest BCUT2D eigenvalue weighted by Crippen LogP contribution is 2.77. The number of hydrogen-bond donors (Lipinski definition) is 1. The lowest BCUT2D eigenvalue weighted by atomic mass is 9.29. The van der Waals surface area contributed by atoms with Crippen LogP contribution in [0.15, 0.2) is 42.0 Å². The summed E-state index contributed by atoms with van der Waals surface area (Å²) >= 11 is 0. The molecule has 3 aliphatic carbocycles. The van der Waals surface area contributed by atoms with Gasteiger partial charge in [-0.25, -0.2) is 0 Å². The van der Waals surface area contributed by atoms with Crippen molar-refractivity contribution in [2.45, 2.75) is 44.6 Å². The van der Waals surface area contributed by atoms with Gasteiger partial charge in [-0.15, -0.1) is 10.1 Å². The Hall–Kier alpha value is -1.88. The van der Waals surface area contributed by atoms with Crippen LogP contribution in [0.4, 0.5) is 0 Å². The molecule has 24 heavy (non-hydrogen) atoms. The first-order valence-electron chi connectivity index (χ1n) is 8.64. The van der Waals surface area contributed by atoms with E-state index in [1.807, 2.05) is 0 Å². The van der Waals surface area contributed by atoms with Crippen molar-refractivity contribution < 1.29 is 9.92 Å². The molecule has 0 amide bonds. The van der Waals surface area contributed by atoms with Crippen molar-refractivity contribution in [1.29, 1.82) is 0 Å². The number of allylic oxidation sites excluding steroid dienone is 1. The van der Waals surface area contributed by atoms with Crippen LogP contribution in [0.1, 0.15) is 38.7 Å². The zero-order chi connectivity index (χ0) is 17.2. The molecule has 5 unspecified atom stereocenters. The van der Waals surface area contributed by atoms with E-state index in [1.54, 1.807) is 6.92 Å². The van der Waals surface area contributed by atoms with E-state index < -0.39 is 11.2 Å². The molecule has 2 fully saturated rings. The first-order chi connectivity index (χ1) is 11.4. The molecule has 5 nitrogen and oxygen atoms in total. The first-order valence-corrected chi connectivity index (χ1v) is 8.64. The Labute approximate surface area is 142 Å². The second kappa shape index (κ2) is 4.82. The van der Waals surface area contributed by atoms with Gasteiger partial charge in [-0.05, 0) is 49.6 Å². The minimum atomic E-state index is -0.675. The fourth-order valence-corrected chi connectivity index (χ4v) is 5.98. The fourth-order valence-electron chi connectivity index (χ4n) is 5.98. The third-order valence-corrected chi connectivity index (χ3v) is 6.90. The lowest BCUT2D eigenvalue weighted by Gasteiger charge is -2.75. The number of hydrogen-bond acceptors (Lipinski definition) is 4. The first kappa shape index (κ1) is 15.6. The molecule has 4 rings (SSSR count). The predicted molar refractivity (Wildman–Crippen MR) is 90.7 cm³/mol. The number of benzene rings is 1. The molecule has 0 radical (unpaired) electrons. The predicted octanol–water partition coefficient (Wildman–Crippen LogP) is 3.23. The molecule has 3 aliphatic rings. The van der Waals surface area contributed by atoms with Crippen molar-refractivity contribution in [1.82, 2.24) is 0 Å². The molecule has 1 aromatic rings. The van der Waals surface area contributed by atoms with Crippen LogP contribution < -0.4 is 5.73 Å². The molecule has 5 heteroatoms. The molecule has 5 atom stereocenters. The summed E-state index contributed by atoms with van der Waals surface area (Å²) in [4.78, 5) is 15.7. The van der Waals surface area contributed by atoms with Crippen LogP contribution in [0, 0.1) is 26.9 Å². The lowest BCUT2D eigenvalue weighted by Crippen LogP contribution is -2.72. The second-order valence-corrected chi connectivity index (χ2v) is 8.25. The molecule has 0 spiro atoms. The zero-order valence-electron chi connectivity index (χ0n) is 14.2. The maximum absolute atomic E-state index is 10.8. The monoisotopic (exact) mass is 328 g/mol. The Kier molecular flexibility index (Phi) is 3.14. The summed E-state index contributed by atoms with van der Waals surface area (Å²) in [6.07, 6.45) is 4.76. The zero-order valence-corrected chi connectivity index (χ0v) is 14.2. The standard InChI is InChI=1S/C19H24N2O3/c1-13(24-21(22)23)17(2)8-14-9-19(15-6-4-3-5-7-15)11-18(10-17,12-20)16(14)19/h3-8,13,16H,9-12,20H2,1-2H3. The van der Waals surface area contributed by atoms with Gasteiger partial charge in [-0.3, -0.25) is 0 Å². The largest absolute Gasteiger partial charge is 0.330 e. The Morgan fingerprint density at radius 3 is 2.71 bits per heavy atom. The van der Waals surface area contributed by atoms with Crippen LogP contribution in [-0.4, -0.2) is 17.7 Å². The van der Waals surface area contributed by atoms with E-state index >= 15 is 0 Å². The van der Waals surface area contributed by atoms with Crippen molar-refractivity contribution in [2.75, 3.05) is 6.54 Å². The van der Waals surface area contributed by atoms with Crippen LogP contribution in [-0.2, 0) is 10.3 Å². The van der Waals surface area contributed by atoms with Crippen molar-refractivity contribution >= 4 is 0 Å². The van der Waals surface area contributed by atoms with Gasteiger partial charge in [-0.1, -0.05) is 48.9 Å². The van der Waals surface area contributed by atoms with E-state index in [2.05, 4.69) is 43.3 Å². The summed E-state index contributed by atoms with van der Waals surface area (Å²) in [5, 5.41) is 10.1. The minimum Gasteiger partial charge on any atom is -0.330 e. The molecule has 0 bridgehead atoms. The van der Waals surface area contributed by atoms with E-state index in [0.29, 0.717) is 12.5 Å². The van der Waals surface area contributed by atoms with Gasteiger partial charge in [0.05, 0.1) is 0 Å². The van der Waals surface area contributed by atoms with Gasteiger partial charge in [0.1, 0.15) is 6.10 Å². The number of nitrogens with zero attached hydrogens (tertiary/aromatic N) is 1. The Morgan fingerprint density at radius 1 is 1.38 bits per heavy atom. The Morgan fingerprint density at radius 2 is 2.08 bits per heavy atom. The van der Waals surface area contributed by atoms with Gasteiger partial charge < -0.3 is 10.6 Å². The second-order valence-electron chi connectivity index (χ2n) is 8.25. The third-order valence-electron chi connectivity index (χ3n) is 6.90. The van der Waals surface area contributed by atoms with Gasteiger partial charge in [0.25, 0.3) is 5.09 Å². The van der Waals surface area contributed by atoms with E-state index in [0.717, 1.165) is 19.3 Å². The van der Waals surface area contributed by atoms with Crippen LogP contribution in [0.2, 0.25) is 0 Å². The summed E-state index contributed by atoms with van der Waals surface area (Å²) in [7, 11) is 0. The lowest BCUT2D eigenvalue weighted by molar-refractivity contribution is -0.771. The van der Waals surface area contributed by atoms with E-state index in [1.165, 1.54) is 11.1 Å². The summed E-state index contributed by atoms with van der Waals surface area (Å²) in [5.74, 6) is 0.494. The highest BCUT2D eigenvalue weighted by molar-refractivity contribution is 5.50. The van der Waals surface area contributed by atoms with Crippen molar-refractivity contribution in [2.24, 2.45) is 22.5 Å². The molecule has 2 saturated carbocycles. The van der Waals surface area contributed by atoms with E-state index in [4.69, 9.17) is 10.6 Å². The van der Waals surface area contributed by atoms with Gasteiger partial charge in [-0.2, -0.15) is 0 Å². The number of nitrogens with two attached hydrogens (primary N) is 1. The highest BCUT2D eigenvalue weighted by Gasteiger charge is 2.72. The molecular formula is C19H24N2O3.